The lowest BCUT2D eigenvalue weighted by Gasteiger charge is -2.09. The number of para-hydroxylation sites is 1. The van der Waals surface area contributed by atoms with Crippen LogP contribution < -0.4 is 10.5 Å². The van der Waals surface area contributed by atoms with Gasteiger partial charge in [-0.3, -0.25) is 10.4 Å². The maximum atomic E-state index is 8.24. The van der Waals surface area contributed by atoms with E-state index in [0.717, 1.165) is 17.1 Å². The van der Waals surface area contributed by atoms with E-state index in [9.17, 15) is 0 Å². The number of nitrogens with zero attached hydrogens (tertiary/aromatic N) is 1. The molecule has 3 N–H and O–H groups in total. The third-order valence-electron chi connectivity index (χ3n) is 3.25. The SMILES string of the molecule is N=C(c1ccc(Oc2ccccc2)cc1)c1cnccc1N. The molecule has 0 unspecified atom stereocenters. The molecule has 1 aromatic heterocycles. The molecule has 0 fully saturated rings. The van der Waals surface area contributed by atoms with E-state index in [1.165, 1.54) is 0 Å². The fourth-order valence-electron chi connectivity index (χ4n) is 2.08. The molecule has 4 nitrogen and oxygen atoms in total. The summed E-state index contributed by atoms with van der Waals surface area (Å²) in [5.41, 5.74) is 8.16. The van der Waals surface area contributed by atoms with E-state index in [0.29, 0.717) is 17.0 Å². The largest absolute Gasteiger partial charge is 0.457 e. The number of rotatable bonds is 4. The molecule has 0 saturated carbocycles. The van der Waals surface area contributed by atoms with Gasteiger partial charge in [0.2, 0.25) is 0 Å². The number of aromatic nitrogens is 1. The number of hydrogen-bond acceptors (Lipinski definition) is 4. The highest BCUT2D eigenvalue weighted by Crippen LogP contribution is 2.22. The van der Waals surface area contributed by atoms with Crippen LogP contribution in [0.15, 0.2) is 73.1 Å². The Labute approximate surface area is 128 Å². The molecule has 0 amide bonds. The lowest BCUT2D eigenvalue weighted by Crippen LogP contribution is -2.05. The Morgan fingerprint density at radius 3 is 2.27 bits per heavy atom. The van der Waals surface area contributed by atoms with Gasteiger partial charge in [0.25, 0.3) is 0 Å². The van der Waals surface area contributed by atoms with Crippen LogP contribution >= 0.6 is 0 Å². The van der Waals surface area contributed by atoms with Gasteiger partial charge >= 0.3 is 0 Å². The molecular formula is C18H15N3O. The minimum atomic E-state index is 0.344. The molecule has 0 aliphatic heterocycles. The molecular weight excluding hydrogens is 274 g/mol. The zero-order chi connectivity index (χ0) is 15.4. The van der Waals surface area contributed by atoms with Crippen LogP contribution in [-0.4, -0.2) is 10.7 Å². The molecule has 0 radical (unpaired) electrons. The smallest absolute Gasteiger partial charge is 0.127 e. The van der Waals surface area contributed by atoms with E-state index in [1.807, 2.05) is 54.6 Å². The quantitative estimate of drug-likeness (QED) is 0.716. The Morgan fingerprint density at radius 1 is 0.909 bits per heavy atom. The second-order valence-corrected chi connectivity index (χ2v) is 4.78. The van der Waals surface area contributed by atoms with Crippen molar-refractivity contribution in [3.63, 3.8) is 0 Å². The van der Waals surface area contributed by atoms with Crippen LogP contribution in [0, 0.1) is 5.41 Å². The molecule has 0 saturated heterocycles. The molecule has 0 atom stereocenters. The first-order chi connectivity index (χ1) is 10.7. The highest BCUT2D eigenvalue weighted by atomic mass is 16.5. The second kappa shape index (κ2) is 6.10. The van der Waals surface area contributed by atoms with Crippen molar-refractivity contribution in [1.29, 1.82) is 5.41 Å². The highest BCUT2D eigenvalue weighted by Gasteiger charge is 2.08. The van der Waals surface area contributed by atoms with Crippen LogP contribution in [0.4, 0.5) is 5.69 Å². The summed E-state index contributed by atoms with van der Waals surface area (Å²) >= 11 is 0. The van der Waals surface area contributed by atoms with Crippen molar-refractivity contribution in [1.82, 2.24) is 4.98 Å². The number of nitrogens with one attached hydrogen (secondary N) is 1. The number of nitrogens with two attached hydrogens (primary N) is 1. The maximum absolute atomic E-state index is 8.24. The van der Waals surface area contributed by atoms with Gasteiger partial charge in [-0.15, -0.1) is 0 Å². The van der Waals surface area contributed by atoms with Gasteiger partial charge in [0, 0.05) is 29.2 Å². The summed E-state index contributed by atoms with van der Waals surface area (Å²) in [6, 6.07) is 18.6. The standard InChI is InChI=1S/C18H15N3O/c19-17-10-11-21-12-16(17)18(20)13-6-8-15(9-7-13)22-14-4-2-1-3-5-14/h1-12,20H,(H2,19,21). The molecule has 1 heterocycles. The average Bonchev–Trinajstić information content (AvgIpc) is 2.56. The second-order valence-electron chi connectivity index (χ2n) is 4.78. The minimum Gasteiger partial charge on any atom is -0.457 e. The topological polar surface area (TPSA) is 72.0 Å². The van der Waals surface area contributed by atoms with E-state index >= 15 is 0 Å². The van der Waals surface area contributed by atoms with Gasteiger partial charge in [0.15, 0.2) is 0 Å². The van der Waals surface area contributed by atoms with Crippen LogP contribution in [0.3, 0.4) is 0 Å². The van der Waals surface area contributed by atoms with E-state index in [-0.39, 0.29) is 0 Å². The predicted octanol–water partition coefficient (Wildman–Crippen LogP) is 3.87. The summed E-state index contributed by atoms with van der Waals surface area (Å²) in [4.78, 5) is 4.02. The normalized spacial score (nSPS) is 10.2. The molecule has 4 heteroatoms. The van der Waals surface area contributed by atoms with Gasteiger partial charge in [-0.2, -0.15) is 0 Å². The number of benzene rings is 2. The number of ether oxygens (including phenoxy) is 1. The zero-order valence-corrected chi connectivity index (χ0v) is 11.9. The van der Waals surface area contributed by atoms with Crippen LogP contribution in [0.25, 0.3) is 0 Å². The Balaban J connectivity index is 1.80. The summed E-state index contributed by atoms with van der Waals surface area (Å²) < 4.78 is 5.73. The summed E-state index contributed by atoms with van der Waals surface area (Å²) in [7, 11) is 0. The monoisotopic (exact) mass is 289 g/mol. The summed E-state index contributed by atoms with van der Waals surface area (Å²) in [6.45, 7) is 0. The van der Waals surface area contributed by atoms with Crippen molar-refractivity contribution < 1.29 is 4.74 Å². The van der Waals surface area contributed by atoms with E-state index in [1.54, 1.807) is 18.5 Å². The van der Waals surface area contributed by atoms with Crippen molar-refractivity contribution in [2.45, 2.75) is 0 Å². The first kappa shape index (κ1) is 13.8. The molecule has 2 aromatic carbocycles. The van der Waals surface area contributed by atoms with Gasteiger partial charge in [0.1, 0.15) is 11.5 Å². The molecule has 3 aromatic rings. The number of pyridine rings is 1. The molecule has 0 aliphatic carbocycles. The van der Waals surface area contributed by atoms with Crippen LogP contribution in [0.2, 0.25) is 0 Å². The molecule has 0 spiro atoms. The minimum absolute atomic E-state index is 0.344. The number of nitrogen functional groups attached to an aromatic ring is 1. The van der Waals surface area contributed by atoms with Crippen molar-refractivity contribution in [2.75, 3.05) is 5.73 Å². The lowest BCUT2D eigenvalue weighted by molar-refractivity contribution is 0.482. The first-order valence-electron chi connectivity index (χ1n) is 6.86. The zero-order valence-electron chi connectivity index (χ0n) is 11.9. The third-order valence-corrected chi connectivity index (χ3v) is 3.25. The fraction of sp³-hybridized carbons (Fsp3) is 0. The van der Waals surface area contributed by atoms with Crippen molar-refractivity contribution in [2.24, 2.45) is 0 Å². The molecule has 0 aliphatic rings. The molecule has 108 valence electrons. The summed E-state index contributed by atoms with van der Waals surface area (Å²) in [5.74, 6) is 1.50. The van der Waals surface area contributed by atoms with Gasteiger partial charge in [-0.05, 0) is 42.5 Å². The average molecular weight is 289 g/mol. The highest BCUT2D eigenvalue weighted by molar-refractivity contribution is 6.13. The Bertz CT molecular complexity index is 783. The Hall–Kier alpha value is -3.14. The van der Waals surface area contributed by atoms with Gasteiger partial charge in [0.05, 0.1) is 5.71 Å². The van der Waals surface area contributed by atoms with E-state index < -0.39 is 0 Å². The van der Waals surface area contributed by atoms with Gasteiger partial charge in [-0.1, -0.05) is 18.2 Å². The lowest BCUT2D eigenvalue weighted by atomic mass is 10.0. The Morgan fingerprint density at radius 2 is 1.59 bits per heavy atom. The fourth-order valence-corrected chi connectivity index (χ4v) is 2.08. The first-order valence-corrected chi connectivity index (χ1v) is 6.86. The predicted molar refractivity (Wildman–Crippen MR) is 87.5 cm³/mol. The summed E-state index contributed by atoms with van der Waals surface area (Å²) in [5, 5.41) is 8.24. The van der Waals surface area contributed by atoms with E-state index in [4.69, 9.17) is 15.9 Å². The molecule has 0 bridgehead atoms. The number of hydrogen-bond donors (Lipinski definition) is 2. The van der Waals surface area contributed by atoms with Crippen molar-refractivity contribution in [3.8, 4) is 11.5 Å². The van der Waals surface area contributed by atoms with Crippen LogP contribution in [0.5, 0.6) is 11.5 Å². The van der Waals surface area contributed by atoms with Crippen molar-refractivity contribution in [3.05, 3.63) is 84.2 Å². The van der Waals surface area contributed by atoms with E-state index in [2.05, 4.69) is 4.98 Å². The third kappa shape index (κ3) is 2.96. The number of anilines is 1. The molecule has 3 rings (SSSR count). The van der Waals surface area contributed by atoms with Crippen LogP contribution in [0.1, 0.15) is 11.1 Å². The van der Waals surface area contributed by atoms with Gasteiger partial charge in [-0.25, -0.2) is 0 Å². The van der Waals surface area contributed by atoms with Crippen molar-refractivity contribution >= 4 is 11.4 Å². The Kier molecular flexibility index (Phi) is 3.83. The molecule has 22 heavy (non-hydrogen) atoms. The summed E-state index contributed by atoms with van der Waals surface area (Å²) in [6.07, 6.45) is 3.22. The maximum Gasteiger partial charge on any atom is 0.127 e. The van der Waals surface area contributed by atoms with Gasteiger partial charge < -0.3 is 10.5 Å². The van der Waals surface area contributed by atoms with Crippen LogP contribution in [-0.2, 0) is 0 Å².